The van der Waals surface area contributed by atoms with Gasteiger partial charge in [0.15, 0.2) is 0 Å². The van der Waals surface area contributed by atoms with Gasteiger partial charge in [0.2, 0.25) is 0 Å². The Balaban J connectivity index is 1.91. The summed E-state index contributed by atoms with van der Waals surface area (Å²) in [6.07, 6.45) is 3.79. The van der Waals surface area contributed by atoms with Crippen molar-refractivity contribution in [1.29, 1.82) is 0 Å². The number of carbonyl (C=O) groups is 1. The second kappa shape index (κ2) is 5.19. The number of rotatable bonds is 2. The number of nitrogens with zero attached hydrogens (tertiary/aromatic N) is 2. The van der Waals surface area contributed by atoms with Crippen LogP contribution in [0.2, 0.25) is 0 Å². The van der Waals surface area contributed by atoms with E-state index in [2.05, 4.69) is 10.3 Å². The van der Waals surface area contributed by atoms with Crippen LogP contribution in [0.4, 0.5) is 5.69 Å². The first-order chi connectivity index (χ1) is 11.6. The third-order valence-electron chi connectivity index (χ3n) is 4.31. The number of pyridine rings is 2. The molecule has 1 amide bonds. The van der Waals surface area contributed by atoms with Crippen LogP contribution < -0.4 is 10.9 Å². The lowest BCUT2D eigenvalue weighted by molar-refractivity contribution is 0.102. The maximum Gasteiger partial charge on any atom is 0.267 e. The zero-order valence-electron chi connectivity index (χ0n) is 13.0. The van der Waals surface area contributed by atoms with Crippen molar-refractivity contribution < 1.29 is 9.90 Å². The van der Waals surface area contributed by atoms with Gasteiger partial charge in [-0.2, -0.15) is 0 Å². The van der Waals surface area contributed by atoms with Crippen LogP contribution in [0.15, 0.2) is 41.5 Å². The third-order valence-corrected chi connectivity index (χ3v) is 4.31. The number of hydrogen-bond acceptors (Lipinski definition) is 4. The lowest BCUT2D eigenvalue weighted by Gasteiger charge is -2.12. The van der Waals surface area contributed by atoms with Crippen molar-refractivity contribution in [3.05, 3.63) is 63.7 Å². The highest BCUT2D eigenvalue weighted by atomic mass is 16.3. The van der Waals surface area contributed by atoms with Crippen molar-refractivity contribution in [3.63, 3.8) is 0 Å². The van der Waals surface area contributed by atoms with Crippen molar-refractivity contribution in [1.82, 2.24) is 9.55 Å². The molecular weight excluding hydrogens is 306 g/mol. The van der Waals surface area contributed by atoms with E-state index in [0.717, 1.165) is 23.1 Å². The highest BCUT2D eigenvalue weighted by molar-refractivity contribution is 6.09. The van der Waals surface area contributed by atoms with Gasteiger partial charge in [-0.3, -0.25) is 14.6 Å². The number of benzene rings is 1. The molecule has 1 aliphatic rings. The van der Waals surface area contributed by atoms with E-state index in [9.17, 15) is 14.7 Å². The molecule has 3 heterocycles. The SMILES string of the molecule is Cc1cc2c3c(c1)c(O)c(C(=O)Nc1cccnc1)c(=O)n3CC2. The van der Waals surface area contributed by atoms with Gasteiger partial charge in [-0.25, -0.2) is 0 Å². The first kappa shape index (κ1) is 14.4. The summed E-state index contributed by atoms with van der Waals surface area (Å²) in [6, 6.07) is 7.16. The van der Waals surface area contributed by atoms with Crippen LogP contribution in [0.25, 0.3) is 10.9 Å². The molecule has 1 aromatic carbocycles. The molecule has 0 fully saturated rings. The molecule has 0 saturated heterocycles. The highest BCUT2D eigenvalue weighted by Crippen LogP contribution is 2.33. The molecule has 24 heavy (non-hydrogen) atoms. The van der Waals surface area contributed by atoms with Crippen LogP contribution in [0.5, 0.6) is 5.75 Å². The molecule has 0 spiro atoms. The van der Waals surface area contributed by atoms with Crippen LogP contribution in [0.1, 0.15) is 21.5 Å². The van der Waals surface area contributed by atoms with Gasteiger partial charge in [0.1, 0.15) is 11.3 Å². The Labute approximate surface area is 137 Å². The van der Waals surface area contributed by atoms with Crippen molar-refractivity contribution in [2.75, 3.05) is 5.32 Å². The molecule has 1 aliphatic heterocycles. The molecule has 0 aliphatic carbocycles. The molecule has 2 N–H and O–H groups in total. The van der Waals surface area contributed by atoms with E-state index < -0.39 is 11.5 Å². The molecule has 0 atom stereocenters. The van der Waals surface area contributed by atoms with Crippen LogP contribution in [-0.2, 0) is 13.0 Å². The lowest BCUT2D eigenvalue weighted by atomic mass is 10.0. The van der Waals surface area contributed by atoms with Crippen molar-refractivity contribution >= 4 is 22.5 Å². The predicted octanol–water partition coefficient (Wildman–Crippen LogP) is 2.22. The van der Waals surface area contributed by atoms with Gasteiger partial charge in [0.05, 0.1) is 17.4 Å². The molecule has 0 radical (unpaired) electrons. The summed E-state index contributed by atoms with van der Waals surface area (Å²) in [4.78, 5) is 29.2. The standard InChI is InChI=1S/C18H15N3O3/c1-10-7-11-4-6-21-15(11)13(8-10)16(22)14(18(21)24)17(23)20-12-3-2-5-19-9-12/h2-3,5,7-9,22H,4,6H2,1H3,(H,20,23). The fraction of sp³-hybridized carbons (Fsp3) is 0.167. The number of carbonyl (C=O) groups excluding carboxylic acids is 1. The second-order valence-electron chi connectivity index (χ2n) is 5.95. The minimum Gasteiger partial charge on any atom is -0.506 e. The zero-order chi connectivity index (χ0) is 16.8. The van der Waals surface area contributed by atoms with Gasteiger partial charge in [-0.05, 0) is 42.7 Å². The fourth-order valence-corrected chi connectivity index (χ4v) is 3.30. The minimum atomic E-state index is -0.633. The van der Waals surface area contributed by atoms with Crippen molar-refractivity contribution in [3.8, 4) is 5.75 Å². The molecule has 0 bridgehead atoms. The molecule has 2 aromatic heterocycles. The van der Waals surface area contributed by atoms with Gasteiger partial charge >= 0.3 is 0 Å². The predicted molar refractivity (Wildman–Crippen MR) is 90.5 cm³/mol. The van der Waals surface area contributed by atoms with Crippen LogP contribution in [-0.4, -0.2) is 20.6 Å². The maximum atomic E-state index is 12.7. The molecule has 0 saturated carbocycles. The number of anilines is 1. The Bertz CT molecular complexity index is 1040. The molecule has 6 heteroatoms. The Morgan fingerprint density at radius 2 is 2.21 bits per heavy atom. The van der Waals surface area contributed by atoms with Gasteiger partial charge < -0.3 is 15.0 Å². The number of nitrogens with one attached hydrogen (secondary N) is 1. The summed E-state index contributed by atoms with van der Waals surface area (Å²) >= 11 is 0. The average molecular weight is 321 g/mol. The van der Waals surface area contributed by atoms with Crippen LogP contribution in [0, 0.1) is 6.92 Å². The number of aromatic nitrogens is 2. The largest absolute Gasteiger partial charge is 0.506 e. The number of aryl methyl sites for hydroxylation is 3. The first-order valence-corrected chi connectivity index (χ1v) is 7.66. The van der Waals surface area contributed by atoms with Crippen LogP contribution >= 0.6 is 0 Å². The molecule has 0 unspecified atom stereocenters. The van der Waals surface area contributed by atoms with E-state index in [1.54, 1.807) is 29.0 Å². The Morgan fingerprint density at radius 1 is 1.38 bits per heavy atom. The van der Waals surface area contributed by atoms with E-state index >= 15 is 0 Å². The molecular formula is C18H15N3O3. The summed E-state index contributed by atoms with van der Waals surface area (Å²) in [5, 5.41) is 13.7. The summed E-state index contributed by atoms with van der Waals surface area (Å²) < 4.78 is 1.57. The van der Waals surface area contributed by atoms with Crippen LogP contribution in [0.3, 0.4) is 0 Å². The molecule has 6 nitrogen and oxygen atoms in total. The quantitative estimate of drug-likeness (QED) is 0.758. The van der Waals surface area contributed by atoms with Gasteiger partial charge in [0, 0.05) is 18.1 Å². The first-order valence-electron chi connectivity index (χ1n) is 7.66. The third kappa shape index (κ3) is 2.07. The zero-order valence-corrected chi connectivity index (χ0v) is 13.0. The Morgan fingerprint density at radius 3 is 2.96 bits per heavy atom. The molecule has 3 aromatic rings. The summed E-state index contributed by atoms with van der Waals surface area (Å²) in [5.41, 5.74) is 2.50. The van der Waals surface area contributed by atoms with Crippen molar-refractivity contribution in [2.24, 2.45) is 0 Å². The number of aromatic hydroxyl groups is 1. The number of amides is 1. The summed E-state index contributed by atoms with van der Waals surface area (Å²) in [7, 11) is 0. The monoisotopic (exact) mass is 321 g/mol. The second-order valence-corrected chi connectivity index (χ2v) is 5.95. The van der Waals surface area contributed by atoms with E-state index in [1.807, 2.05) is 13.0 Å². The van der Waals surface area contributed by atoms with Crippen molar-refractivity contribution in [2.45, 2.75) is 19.9 Å². The van der Waals surface area contributed by atoms with E-state index in [4.69, 9.17) is 0 Å². The fourth-order valence-electron chi connectivity index (χ4n) is 3.30. The Hall–Kier alpha value is -3.15. The van der Waals surface area contributed by atoms with Gasteiger partial charge in [0.25, 0.3) is 11.5 Å². The molecule has 120 valence electrons. The van der Waals surface area contributed by atoms with E-state index in [1.165, 1.54) is 6.20 Å². The van der Waals surface area contributed by atoms with Gasteiger partial charge in [-0.1, -0.05) is 6.07 Å². The minimum absolute atomic E-state index is 0.232. The normalized spacial score (nSPS) is 12.5. The van der Waals surface area contributed by atoms with Gasteiger partial charge in [-0.15, -0.1) is 0 Å². The topological polar surface area (TPSA) is 84.2 Å². The Kier molecular flexibility index (Phi) is 3.13. The lowest BCUT2D eigenvalue weighted by Crippen LogP contribution is -2.28. The maximum absolute atomic E-state index is 12.7. The van der Waals surface area contributed by atoms with E-state index in [-0.39, 0.29) is 11.3 Å². The number of hydrogen-bond donors (Lipinski definition) is 2. The molecule has 4 rings (SSSR count). The van der Waals surface area contributed by atoms with E-state index in [0.29, 0.717) is 17.6 Å². The highest BCUT2D eigenvalue weighted by Gasteiger charge is 2.26. The smallest absolute Gasteiger partial charge is 0.267 e. The summed E-state index contributed by atoms with van der Waals surface area (Å²) in [6.45, 7) is 2.44. The summed E-state index contributed by atoms with van der Waals surface area (Å²) in [5.74, 6) is -0.898. The average Bonchev–Trinajstić information content (AvgIpc) is 2.98.